The molecule has 2 heterocycles. The lowest BCUT2D eigenvalue weighted by Crippen LogP contribution is -2.40. The second-order valence-electron chi connectivity index (χ2n) is 10.2. The molecule has 0 radical (unpaired) electrons. The van der Waals surface area contributed by atoms with Crippen molar-refractivity contribution in [1.29, 1.82) is 0 Å². The second kappa shape index (κ2) is 14.0. The fourth-order valence-electron chi connectivity index (χ4n) is 4.91. The maximum atomic E-state index is 13.9. The summed E-state index contributed by atoms with van der Waals surface area (Å²) in [4.78, 5) is 44.6. The van der Waals surface area contributed by atoms with Crippen molar-refractivity contribution >= 4 is 46.6 Å². The summed E-state index contributed by atoms with van der Waals surface area (Å²) in [5, 5.41) is 3.22. The molecule has 0 saturated heterocycles. The van der Waals surface area contributed by atoms with Gasteiger partial charge in [-0.15, -0.1) is 0 Å². The minimum Gasteiger partial charge on any atom is -0.490 e. The summed E-state index contributed by atoms with van der Waals surface area (Å²) >= 11 is 7.79. The van der Waals surface area contributed by atoms with Gasteiger partial charge in [0.1, 0.15) is 6.04 Å². The Morgan fingerprint density at radius 3 is 2.47 bits per heavy atom. The summed E-state index contributed by atoms with van der Waals surface area (Å²) in [6.07, 6.45) is 1.73. The van der Waals surface area contributed by atoms with Crippen LogP contribution in [0.1, 0.15) is 43.5 Å². The quantitative estimate of drug-likeness (QED) is 0.238. The highest BCUT2D eigenvalue weighted by Gasteiger charge is 2.34. The Morgan fingerprint density at radius 1 is 1.00 bits per heavy atom. The number of carbonyl (C=O) groups excluding carboxylic acids is 2. The first-order chi connectivity index (χ1) is 21.7. The Morgan fingerprint density at radius 2 is 1.76 bits per heavy atom. The fourth-order valence-corrected chi connectivity index (χ4v) is 6.20. The van der Waals surface area contributed by atoms with Crippen LogP contribution in [0.25, 0.3) is 6.08 Å². The van der Waals surface area contributed by atoms with Gasteiger partial charge in [-0.1, -0.05) is 64.9 Å². The van der Waals surface area contributed by atoms with Crippen LogP contribution in [0.2, 0.25) is 5.02 Å². The van der Waals surface area contributed by atoms with E-state index in [-0.39, 0.29) is 30.3 Å². The molecule has 5 rings (SSSR count). The Balaban J connectivity index is 1.48. The first-order valence-electron chi connectivity index (χ1n) is 14.4. The summed E-state index contributed by atoms with van der Waals surface area (Å²) < 4.78 is 18.8. The lowest BCUT2D eigenvalue weighted by molar-refractivity contribution is -0.139. The number of hydrogen-bond donors (Lipinski definition) is 1. The minimum atomic E-state index is -0.808. The largest absolute Gasteiger partial charge is 0.490 e. The zero-order valence-electron chi connectivity index (χ0n) is 25.3. The number of aromatic nitrogens is 1. The van der Waals surface area contributed by atoms with Crippen LogP contribution in [0.5, 0.6) is 11.5 Å². The first kappa shape index (κ1) is 31.7. The summed E-state index contributed by atoms with van der Waals surface area (Å²) in [6, 6.07) is 19.0. The van der Waals surface area contributed by atoms with Gasteiger partial charge in [-0.05, 0) is 75.2 Å². The van der Waals surface area contributed by atoms with E-state index in [0.29, 0.717) is 55.0 Å². The molecule has 232 valence electrons. The highest BCUT2D eigenvalue weighted by Crippen LogP contribution is 2.34. The average Bonchev–Trinajstić information content (AvgIpc) is 3.31. The fraction of sp³-hybridized carbons (Fsp3) is 0.235. The Hall–Kier alpha value is -4.67. The van der Waals surface area contributed by atoms with Gasteiger partial charge in [0.15, 0.2) is 22.9 Å². The molecule has 1 atom stereocenters. The monoisotopic (exact) mass is 645 g/mol. The molecule has 11 heteroatoms. The SMILES string of the molecule is CCOC(=O)C1=C(C)N=c2s/c(=C/c3ccc(OCC(=O)Nc4ccc(C)cc4)c(OCC)c3)c(=O)n2[C@@H]1c1ccccc1Cl. The summed E-state index contributed by atoms with van der Waals surface area (Å²) in [7, 11) is 0. The summed E-state index contributed by atoms with van der Waals surface area (Å²) in [6.45, 7) is 7.59. The van der Waals surface area contributed by atoms with Crippen molar-refractivity contribution in [3.8, 4) is 11.5 Å². The molecule has 0 spiro atoms. The zero-order valence-corrected chi connectivity index (χ0v) is 26.8. The van der Waals surface area contributed by atoms with E-state index in [1.54, 1.807) is 62.4 Å². The molecule has 0 aliphatic carbocycles. The molecule has 0 saturated carbocycles. The predicted molar refractivity (Wildman–Crippen MR) is 175 cm³/mol. The standard InChI is InChI=1S/C34H32ClN3O6S/c1-5-42-27-17-22(13-16-26(27)44-19-29(39)37-23-14-11-20(3)12-15-23)18-28-32(40)38-31(24-9-7-8-10-25(24)35)30(33(41)43-6-2)21(4)36-34(38)45-28/h7-18,31H,5-6,19H2,1-4H3,(H,37,39)/b28-18+/t31-/m1/s1. The van der Waals surface area contributed by atoms with Crippen LogP contribution in [0.15, 0.2) is 87.8 Å². The maximum Gasteiger partial charge on any atom is 0.338 e. The number of rotatable bonds is 10. The molecule has 1 amide bonds. The van der Waals surface area contributed by atoms with E-state index >= 15 is 0 Å². The van der Waals surface area contributed by atoms with Gasteiger partial charge < -0.3 is 19.5 Å². The lowest BCUT2D eigenvalue weighted by Gasteiger charge is -2.25. The van der Waals surface area contributed by atoms with Crippen molar-refractivity contribution in [2.75, 3.05) is 25.1 Å². The number of amides is 1. The molecule has 3 aromatic carbocycles. The van der Waals surface area contributed by atoms with Crippen molar-refractivity contribution in [3.63, 3.8) is 0 Å². The third-order valence-electron chi connectivity index (χ3n) is 6.98. The van der Waals surface area contributed by atoms with Crippen LogP contribution in [0, 0.1) is 6.92 Å². The minimum absolute atomic E-state index is 0.175. The van der Waals surface area contributed by atoms with Crippen molar-refractivity contribution in [1.82, 2.24) is 4.57 Å². The second-order valence-corrected chi connectivity index (χ2v) is 11.6. The maximum absolute atomic E-state index is 13.9. The van der Waals surface area contributed by atoms with Crippen molar-refractivity contribution in [2.24, 2.45) is 4.99 Å². The predicted octanol–water partition coefficient (Wildman–Crippen LogP) is 5.18. The Labute approximate surface area is 269 Å². The number of nitrogens with zero attached hydrogens (tertiary/aromatic N) is 2. The van der Waals surface area contributed by atoms with Gasteiger partial charge in [0, 0.05) is 10.7 Å². The summed E-state index contributed by atoms with van der Waals surface area (Å²) in [5.41, 5.74) is 3.43. The van der Waals surface area contributed by atoms with Crippen molar-refractivity contribution in [3.05, 3.63) is 119 Å². The molecule has 1 N–H and O–H groups in total. The molecule has 0 unspecified atom stereocenters. The number of hydrogen-bond acceptors (Lipinski definition) is 8. The number of allylic oxidation sites excluding steroid dienone is 1. The number of esters is 1. The van der Waals surface area contributed by atoms with Gasteiger partial charge in [-0.2, -0.15) is 0 Å². The molecule has 0 bridgehead atoms. The van der Waals surface area contributed by atoms with E-state index in [1.807, 2.05) is 38.1 Å². The molecule has 1 aliphatic heterocycles. The van der Waals surface area contributed by atoms with Gasteiger partial charge in [0.2, 0.25) is 0 Å². The van der Waals surface area contributed by atoms with Gasteiger partial charge in [-0.25, -0.2) is 9.79 Å². The molecular weight excluding hydrogens is 614 g/mol. The van der Waals surface area contributed by atoms with Crippen molar-refractivity contribution < 1.29 is 23.8 Å². The van der Waals surface area contributed by atoms with Gasteiger partial charge in [0.25, 0.3) is 11.5 Å². The Bertz CT molecular complexity index is 1960. The van der Waals surface area contributed by atoms with E-state index in [9.17, 15) is 14.4 Å². The van der Waals surface area contributed by atoms with Crippen LogP contribution in [-0.2, 0) is 14.3 Å². The molecule has 4 aromatic rings. The molecule has 1 aromatic heterocycles. The topological polar surface area (TPSA) is 108 Å². The third kappa shape index (κ3) is 7.02. The highest BCUT2D eigenvalue weighted by atomic mass is 35.5. The zero-order chi connectivity index (χ0) is 32.1. The molecule has 0 fully saturated rings. The number of benzene rings is 3. The van der Waals surface area contributed by atoms with Crippen LogP contribution >= 0.6 is 22.9 Å². The molecule has 45 heavy (non-hydrogen) atoms. The normalized spacial score (nSPS) is 14.4. The van der Waals surface area contributed by atoms with E-state index in [0.717, 1.165) is 5.56 Å². The number of nitrogens with one attached hydrogen (secondary N) is 1. The van der Waals surface area contributed by atoms with Crippen LogP contribution in [0.4, 0.5) is 5.69 Å². The Kier molecular flexibility index (Phi) is 9.85. The number of anilines is 1. The van der Waals surface area contributed by atoms with Crippen molar-refractivity contribution in [2.45, 2.75) is 33.7 Å². The number of fused-ring (bicyclic) bond motifs is 1. The molecular formula is C34H32ClN3O6S. The smallest absolute Gasteiger partial charge is 0.338 e. The number of ether oxygens (including phenoxy) is 3. The first-order valence-corrected chi connectivity index (χ1v) is 15.6. The number of thiazole rings is 1. The number of carbonyl (C=O) groups is 2. The van der Waals surface area contributed by atoms with Gasteiger partial charge >= 0.3 is 5.97 Å². The van der Waals surface area contributed by atoms with Crippen LogP contribution in [-0.4, -0.2) is 36.3 Å². The van der Waals surface area contributed by atoms with E-state index < -0.39 is 12.0 Å². The highest BCUT2D eigenvalue weighted by molar-refractivity contribution is 7.07. The van der Waals surface area contributed by atoms with E-state index in [2.05, 4.69) is 10.3 Å². The number of aryl methyl sites for hydroxylation is 1. The molecule has 9 nitrogen and oxygen atoms in total. The summed E-state index contributed by atoms with van der Waals surface area (Å²) in [5.74, 6) is -0.0426. The van der Waals surface area contributed by atoms with Gasteiger partial charge in [-0.3, -0.25) is 14.2 Å². The van der Waals surface area contributed by atoms with Gasteiger partial charge in [0.05, 0.1) is 29.0 Å². The van der Waals surface area contributed by atoms with E-state index in [4.69, 9.17) is 25.8 Å². The van der Waals surface area contributed by atoms with Crippen LogP contribution < -0.4 is 29.7 Å². The third-order valence-corrected chi connectivity index (χ3v) is 8.30. The van der Waals surface area contributed by atoms with Crippen LogP contribution in [0.3, 0.4) is 0 Å². The number of halogens is 1. The van der Waals surface area contributed by atoms with E-state index in [1.165, 1.54) is 15.9 Å². The lowest BCUT2D eigenvalue weighted by atomic mass is 9.96. The average molecular weight is 646 g/mol. The molecule has 1 aliphatic rings.